The van der Waals surface area contributed by atoms with E-state index in [-0.39, 0.29) is 18.6 Å². The maximum Gasteiger partial charge on any atom is 0.200 e. The average molecular weight is 431 g/mol. The molecule has 0 aliphatic rings. The monoisotopic (exact) mass is 430 g/mol. The van der Waals surface area contributed by atoms with Gasteiger partial charge >= 0.3 is 0 Å². The number of rotatable bonds is 10. The zero-order valence-corrected chi connectivity index (χ0v) is 18.4. The van der Waals surface area contributed by atoms with Gasteiger partial charge in [0, 0.05) is 25.2 Å². The summed E-state index contributed by atoms with van der Waals surface area (Å²) in [5.74, 6) is 1.01. The van der Waals surface area contributed by atoms with Gasteiger partial charge in [0.15, 0.2) is 0 Å². The number of hydrogen-bond acceptors (Lipinski definition) is 8. The van der Waals surface area contributed by atoms with Crippen molar-refractivity contribution in [1.29, 1.82) is 0 Å². The van der Waals surface area contributed by atoms with Gasteiger partial charge in [-0.3, -0.25) is 4.79 Å². The van der Waals surface area contributed by atoms with E-state index in [4.69, 9.17) is 13.9 Å². The van der Waals surface area contributed by atoms with Crippen molar-refractivity contribution in [1.82, 2.24) is 9.80 Å². The fourth-order valence-electron chi connectivity index (χ4n) is 3.33. The molecule has 0 bridgehead atoms. The number of fused-ring (bicyclic) bond motifs is 2. The summed E-state index contributed by atoms with van der Waals surface area (Å²) >= 11 is 0. The summed E-state index contributed by atoms with van der Waals surface area (Å²) in [7, 11) is 7.50. The Balaban J connectivity index is 1.81. The molecule has 0 aliphatic heterocycles. The molecule has 0 amide bonds. The van der Waals surface area contributed by atoms with Gasteiger partial charge in [-0.25, -0.2) is 0 Å². The summed E-state index contributed by atoms with van der Waals surface area (Å²) in [6.07, 6.45) is -1.26. The van der Waals surface area contributed by atoms with Gasteiger partial charge < -0.3 is 33.9 Å². The molecule has 0 spiro atoms. The smallest absolute Gasteiger partial charge is 0.200 e. The SMILES string of the molecule is CN(C)CC(O)COc1ccc2c(=O)c3ccc(OCC(O)CN(C)C)cc3oc2c1. The third kappa shape index (κ3) is 6.18. The predicted octanol–water partition coefficient (Wildman–Crippen LogP) is 1.55. The highest BCUT2D eigenvalue weighted by Gasteiger charge is 2.12. The minimum atomic E-state index is -0.628. The second-order valence-corrected chi connectivity index (χ2v) is 8.20. The lowest BCUT2D eigenvalue weighted by Gasteiger charge is -2.17. The molecule has 1 heterocycles. The topological polar surface area (TPSA) is 95.6 Å². The van der Waals surface area contributed by atoms with Crippen LogP contribution in [0.4, 0.5) is 0 Å². The Labute approximate surface area is 181 Å². The Kier molecular flexibility index (Phi) is 7.50. The van der Waals surface area contributed by atoms with Crippen molar-refractivity contribution in [2.75, 3.05) is 54.5 Å². The molecule has 3 aromatic rings. The molecular weight excluding hydrogens is 400 g/mol. The molecule has 2 atom stereocenters. The summed E-state index contributed by atoms with van der Waals surface area (Å²) in [5.41, 5.74) is 0.637. The zero-order chi connectivity index (χ0) is 22.5. The largest absolute Gasteiger partial charge is 0.491 e. The van der Waals surface area contributed by atoms with Crippen LogP contribution in [0.2, 0.25) is 0 Å². The second-order valence-electron chi connectivity index (χ2n) is 8.20. The first-order valence-electron chi connectivity index (χ1n) is 10.1. The lowest BCUT2D eigenvalue weighted by Crippen LogP contribution is -2.30. The fraction of sp³-hybridized carbons (Fsp3) is 0.435. The van der Waals surface area contributed by atoms with Crippen LogP contribution in [0.1, 0.15) is 0 Å². The van der Waals surface area contributed by atoms with Gasteiger partial charge in [0.1, 0.15) is 48.1 Å². The number of likely N-dealkylation sites (N-methyl/N-ethyl adjacent to an activating group) is 2. The Morgan fingerprint density at radius 3 is 1.61 bits per heavy atom. The van der Waals surface area contributed by atoms with E-state index in [1.807, 2.05) is 38.0 Å². The average Bonchev–Trinajstić information content (AvgIpc) is 2.69. The van der Waals surface area contributed by atoms with Gasteiger partial charge in [-0.15, -0.1) is 0 Å². The molecule has 3 rings (SSSR count). The summed E-state index contributed by atoms with van der Waals surface area (Å²) < 4.78 is 17.3. The van der Waals surface area contributed by atoms with E-state index in [2.05, 4.69) is 0 Å². The van der Waals surface area contributed by atoms with Crippen LogP contribution in [0.25, 0.3) is 21.9 Å². The van der Waals surface area contributed by atoms with Crippen molar-refractivity contribution in [3.63, 3.8) is 0 Å². The molecule has 8 nitrogen and oxygen atoms in total. The van der Waals surface area contributed by atoms with Crippen molar-refractivity contribution in [2.45, 2.75) is 12.2 Å². The van der Waals surface area contributed by atoms with Gasteiger partial charge in [0.05, 0.1) is 10.8 Å². The molecule has 0 saturated carbocycles. The minimum Gasteiger partial charge on any atom is -0.491 e. The summed E-state index contributed by atoms with van der Waals surface area (Å²) in [5, 5.41) is 20.8. The van der Waals surface area contributed by atoms with Crippen molar-refractivity contribution in [3.05, 3.63) is 46.6 Å². The molecule has 0 radical (unpaired) electrons. The van der Waals surface area contributed by atoms with Gasteiger partial charge in [-0.1, -0.05) is 0 Å². The highest BCUT2D eigenvalue weighted by atomic mass is 16.5. The summed E-state index contributed by atoms with van der Waals surface area (Å²) in [4.78, 5) is 16.6. The number of aliphatic hydroxyl groups is 2. The van der Waals surface area contributed by atoms with Crippen LogP contribution in [0.15, 0.2) is 45.6 Å². The molecule has 1 aromatic heterocycles. The minimum absolute atomic E-state index is 0.134. The quantitative estimate of drug-likeness (QED) is 0.468. The Bertz CT molecular complexity index is 998. The molecule has 0 aliphatic carbocycles. The third-order valence-electron chi connectivity index (χ3n) is 4.65. The Hall–Kier alpha value is -2.65. The number of nitrogens with zero attached hydrogens (tertiary/aromatic N) is 2. The summed E-state index contributed by atoms with van der Waals surface area (Å²) in [6, 6.07) is 10.0. The number of aliphatic hydroxyl groups excluding tert-OH is 2. The predicted molar refractivity (Wildman–Crippen MR) is 120 cm³/mol. The van der Waals surface area contributed by atoms with E-state index in [1.165, 1.54) is 0 Å². The molecule has 8 heteroatoms. The van der Waals surface area contributed by atoms with E-state index in [9.17, 15) is 15.0 Å². The number of benzene rings is 2. The maximum atomic E-state index is 12.9. The molecule has 0 fully saturated rings. The van der Waals surface area contributed by atoms with E-state index in [0.29, 0.717) is 46.5 Å². The lowest BCUT2D eigenvalue weighted by molar-refractivity contribution is 0.0831. The standard InChI is InChI=1S/C23H30N2O6/c1-24(2)11-15(26)13-29-17-5-7-19-21(9-17)31-22-10-18(6-8-20(22)23(19)28)30-14-16(27)12-25(3)4/h5-10,15-16,26-27H,11-14H2,1-4H3. The van der Waals surface area contributed by atoms with Crippen molar-refractivity contribution < 1.29 is 24.1 Å². The van der Waals surface area contributed by atoms with Crippen LogP contribution in [0, 0.1) is 0 Å². The zero-order valence-electron chi connectivity index (χ0n) is 18.4. The maximum absolute atomic E-state index is 12.9. The first-order valence-corrected chi connectivity index (χ1v) is 10.1. The van der Waals surface area contributed by atoms with Gasteiger partial charge in [-0.2, -0.15) is 0 Å². The molecule has 2 aromatic carbocycles. The molecule has 2 unspecified atom stereocenters. The van der Waals surface area contributed by atoms with E-state index in [0.717, 1.165) is 0 Å². The van der Waals surface area contributed by atoms with E-state index in [1.54, 1.807) is 36.4 Å². The summed E-state index contributed by atoms with van der Waals surface area (Å²) in [6.45, 7) is 1.24. The molecular formula is C23H30N2O6. The van der Waals surface area contributed by atoms with Gasteiger partial charge in [0.2, 0.25) is 5.43 Å². The van der Waals surface area contributed by atoms with Crippen LogP contribution in [0.5, 0.6) is 11.5 Å². The van der Waals surface area contributed by atoms with Crippen LogP contribution in [0.3, 0.4) is 0 Å². The van der Waals surface area contributed by atoms with E-state index < -0.39 is 12.2 Å². The third-order valence-corrected chi connectivity index (χ3v) is 4.65. The number of ether oxygens (including phenoxy) is 2. The Morgan fingerprint density at radius 1 is 0.806 bits per heavy atom. The lowest BCUT2D eigenvalue weighted by atomic mass is 10.1. The number of hydrogen-bond donors (Lipinski definition) is 2. The highest BCUT2D eigenvalue weighted by Crippen LogP contribution is 2.25. The van der Waals surface area contributed by atoms with Crippen molar-refractivity contribution in [3.8, 4) is 11.5 Å². The highest BCUT2D eigenvalue weighted by molar-refractivity contribution is 5.90. The van der Waals surface area contributed by atoms with E-state index >= 15 is 0 Å². The fourth-order valence-corrected chi connectivity index (χ4v) is 3.33. The second kappa shape index (κ2) is 10.1. The first kappa shape index (κ1) is 23.0. The Morgan fingerprint density at radius 2 is 1.23 bits per heavy atom. The normalized spacial score (nSPS) is 13.8. The molecule has 31 heavy (non-hydrogen) atoms. The molecule has 168 valence electrons. The van der Waals surface area contributed by atoms with Crippen LogP contribution in [-0.2, 0) is 0 Å². The first-order chi connectivity index (χ1) is 14.7. The van der Waals surface area contributed by atoms with Crippen LogP contribution in [-0.4, -0.2) is 86.7 Å². The van der Waals surface area contributed by atoms with Crippen molar-refractivity contribution in [2.24, 2.45) is 0 Å². The van der Waals surface area contributed by atoms with Crippen LogP contribution >= 0.6 is 0 Å². The van der Waals surface area contributed by atoms with Gasteiger partial charge in [0.25, 0.3) is 0 Å². The van der Waals surface area contributed by atoms with Gasteiger partial charge in [-0.05, 0) is 52.5 Å². The van der Waals surface area contributed by atoms with Crippen LogP contribution < -0.4 is 14.9 Å². The molecule has 2 N–H and O–H groups in total. The van der Waals surface area contributed by atoms with Crippen molar-refractivity contribution >= 4 is 21.9 Å². The molecule has 0 saturated heterocycles.